The second-order valence-corrected chi connectivity index (χ2v) is 7.03. The van der Waals surface area contributed by atoms with Crippen LogP contribution in [0.4, 0.5) is 0 Å². The van der Waals surface area contributed by atoms with Crippen molar-refractivity contribution in [3.05, 3.63) is 29.3 Å². The summed E-state index contributed by atoms with van der Waals surface area (Å²) >= 11 is 0. The van der Waals surface area contributed by atoms with E-state index in [0.29, 0.717) is 45.8 Å². The Kier molecular flexibility index (Phi) is 3.72. The van der Waals surface area contributed by atoms with E-state index in [9.17, 15) is 9.59 Å². The second-order valence-electron chi connectivity index (χ2n) is 7.03. The third-order valence-electron chi connectivity index (χ3n) is 5.66. The number of hydrogen-bond acceptors (Lipinski definition) is 4. The minimum atomic E-state index is -0.611. The number of rotatable bonds is 3. The fraction of sp³-hybridized carbons (Fsp3) is 0.556. The first-order valence-corrected chi connectivity index (χ1v) is 8.48. The predicted octanol–water partition coefficient (Wildman–Crippen LogP) is 0.514. The molecule has 0 aliphatic carbocycles. The summed E-state index contributed by atoms with van der Waals surface area (Å²) in [5.41, 5.74) is 7.22. The van der Waals surface area contributed by atoms with Crippen LogP contribution in [0.5, 0.6) is 5.75 Å². The van der Waals surface area contributed by atoms with Crippen LogP contribution in [0.3, 0.4) is 0 Å². The maximum absolute atomic E-state index is 12.7. The molecule has 1 aromatic carbocycles. The Bertz CT molecular complexity index is 690. The number of ether oxygens (including phenoxy) is 2. The summed E-state index contributed by atoms with van der Waals surface area (Å²) < 4.78 is 11.0. The number of carbonyl (C=O) groups is 2. The average Bonchev–Trinajstić information content (AvgIpc) is 3.19. The van der Waals surface area contributed by atoms with E-state index in [1.54, 1.807) is 4.90 Å². The third kappa shape index (κ3) is 2.45. The van der Waals surface area contributed by atoms with Crippen LogP contribution in [-0.2, 0) is 27.2 Å². The smallest absolute Gasteiger partial charge is 0.227 e. The lowest BCUT2D eigenvalue weighted by atomic mass is 9.74. The van der Waals surface area contributed by atoms with Gasteiger partial charge in [0.05, 0.1) is 25.0 Å². The molecule has 0 saturated carbocycles. The van der Waals surface area contributed by atoms with Crippen molar-refractivity contribution in [1.29, 1.82) is 0 Å². The zero-order valence-electron chi connectivity index (χ0n) is 13.6. The van der Waals surface area contributed by atoms with Gasteiger partial charge in [0, 0.05) is 32.0 Å². The molecule has 24 heavy (non-hydrogen) atoms. The monoisotopic (exact) mass is 330 g/mol. The molecule has 3 aliphatic heterocycles. The van der Waals surface area contributed by atoms with E-state index in [4.69, 9.17) is 15.2 Å². The van der Waals surface area contributed by atoms with Crippen LogP contribution < -0.4 is 10.5 Å². The summed E-state index contributed by atoms with van der Waals surface area (Å²) in [5.74, 6) is 0.675. The molecule has 0 bridgehead atoms. The first kappa shape index (κ1) is 15.4. The fourth-order valence-corrected chi connectivity index (χ4v) is 4.18. The van der Waals surface area contributed by atoms with Crippen LogP contribution in [0.25, 0.3) is 0 Å². The number of amides is 2. The number of fused-ring (bicyclic) bond motifs is 2. The number of hydrogen-bond donors (Lipinski definition) is 1. The Labute approximate surface area is 140 Å². The molecular weight excluding hydrogens is 308 g/mol. The van der Waals surface area contributed by atoms with Crippen molar-refractivity contribution in [2.24, 2.45) is 17.1 Å². The molecule has 128 valence electrons. The Hall–Kier alpha value is -2.08. The minimum Gasteiger partial charge on any atom is -0.493 e. The predicted molar refractivity (Wildman–Crippen MR) is 86.5 cm³/mol. The van der Waals surface area contributed by atoms with Gasteiger partial charge in [0.1, 0.15) is 5.75 Å². The van der Waals surface area contributed by atoms with Gasteiger partial charge in [-0.1, -0.05) is 12.1 Å². The van der Waals surface area contributed by atoms with Gasteiger partial charge in [-0.3, -0.25) is 9.59 Å². The maximum atomic E-state index is 12.7. The van der Waals surface area contributed by atoms with Crippen LogP contribution >= 0.6 is 0 Å². The van der Waals surface area contributed by atoms with Crippen molar-refractivity contribution in [3.63, 3.8) is 0 Å². The summed E-state index contributed by atoms with van der Waals surface area (Å²) in [7, 11) is 0. The Morgan fingerprint density at radius 2 is 2.21 bits per heavy atom. The van der Waals surface area contributed by atoms with Gasteiger partial charge >= 0.3 is 0 Å². The van der Waals surface area contributed by atoms with Crippen molar-refractivity contribution in [2.75, 3.05) is 32.9 Å². The van der Waals surface area contributed by atoms with Crippen LogP contribution in [0.2, 0.25) is 0 Å². The lowest BCUT2D eigenvalue weighted by molar-refractivity contribution is -0.136. The Balaban J connectivity index is 1.48. The molecule has 6 nitrogen and oxygen atoms in total. The molecule has 4 rings (SSSR count). The fourth-order valence-electron chi connectivity index (χ4n) is 4.18. The highest BCUT2D eigenvalue weighted by Gasteiger charge is 2.53. The van der Waals surface area contributed by atoms with E-state index in [1.165, 1.54) is 0 Å². The van der Waals surface area contributed by atoms with Gasteiger partial charge in [-0.15, -0.1) is 0 Å². The number of likely N-dealkylation sites (tertiary alicyclic amines) is 1. The van der Waals surface area contributed by atoms with Crippen molar-refractivity contribution in [3.8, 4) is 5.75 Å². The molecule has 0 spiro atoms. The molecule has 0 unspecified atom stereocenters. The van der Waals surface area contributed by atoms with Gasteiger partial charge in [0.15, 0.2) is 0 Å². The molecule has 0 aromatic heterocycles. The summed E-state index contributed by atoms with van der Waals surface area (Å²) in [6.45, 7) is 2.72. The molecule has 2 fully saturated rings. The van der Waals surface area contributed by atoms with Crippen LogP contribution in [0.1, 0.15) is 17.5 Å². The Morgan fingerprint density at radius 3 is 3.00 bits per heavy atom. The number of nitrogens with two attached hydrogens (primary N) is 1. The van der Waals surface area contributed by atoms with E-state index >= 15 is 0 Å². The van der Waals surface area contributed by atoms with Gasteiger partial charge in [0.25, 0.3) is 0 Å². The van der Waals surface area contributed by atoms with Crippen molar-refractivity contribution in [1.82, 2.24) is 4.90 Å². The van der Waals surface area contributed by atoms with Gasteiger partial charge in [-0.05, 0) is 23.6 Å². The van der Waals surface area contributed by atoms with Gasteiger partial charge in [0.2, 0.25) is 11.8 Å². The standard InChI is InChI=1S/C18H22N2O4/c19-17(22)18-4-6-23-10-14(18)9-20(11-18)16(21)8-12-1-2-15-13(7-12)3-5-24-15/h1-2,7,14H,3-6,8-11H2,(H2,19,22)/t14-,18+/m1/s1. The maximum Gasteiger partial charge on any atom is 0.227 e. The second kappa shape index (κ2) is 5.77. The van der Waals surface area contributed by atoms with E-state index in [0.717, 1.165) is 23.3 Å². The van der Waals surface area contributed by atoms with E-state index in [1.807, 2.05) is 12.1 Å². The zero-order chi connectivity index (χ0) is 16.7. The Morgan fingerprint density at radius 1 is 1.33 bits per heavy atom. The van der Waals surface area contributed by atoms with E-state index in [-0.39, 0.29) is 17.7 Å². The highest BCUT2D eigenvalue weighted by molar-refractivity contribution is 5.85. The highest BCUT2D eigenvalue weighted by Crippen LogP contribution is 2.42. The molecule has 0 radical (unpaired) electrons. The summed E-state index contributed by atoms with van der Waals surface area (Å²) in [4.78, 5) is 26.5. The lowest BCUT2D eigenvalue weighted by Gasteiger charge is -2.34. The van der Waals surface area contributed by atoms with Gasteiger partial charge < -0.3 is 20.1 Å². The minimum absolute atomic E-state index is 0.0149. The summed E-state index contributed by atoms with van der Waals surface area (Å²) in [5, 5.41) is 0. The number of benzene rings is 1. The quantitative estimate of drug-likeness (QED) is 0.876. The number of primary amides is 1. The number of carbonyl (C=O) groups excluding carboxylic acids is 2. The topological polar surface area (TPSA) is 81.9 Å². The van der Waals surface area contributed by atoms with Crippen molar-refractivity contribution < 1.29 is 19.1 Å². The van der Waals surface area contributed by atoms with Crippen molar-refractivity contribution >= 4 is 11.8 Å². The van der Waals surface area contributed by atoms with Crippen LogP contribution in [0.15, 0.2) is 18.2 Å². The molecule has 2 atom stereocenters. The molecule has 2 N–H and O–H groups in total. The largest absolute Gasteiger partial charge is 0.493 e. The molecule has 1 aromatic rings. The molecule has 3 aliphatic rings. The summed E-state index contributed by atoms with van der Waals surface area (Å²) in [6.07, 6.45) is 1.84. The van der Waals surface area contributed by atoms with Crippen molar-refractivity contribution in [2.45, 2.75) is 19.3 Å². The van der Waals surface area contributed by atoms with Gasteiger partial charge in [-0.2, -0.15) is 0 Å². The SMILES string of the molecule is NC(=O)[C@]12CCOC[C@H]1CN(C(=O)Cc1ccc3c(c1)CCO3)C2. The van der Waals surface area contributed by atoms with Crippen LogP contribution in [0, 0.1) is 11.3 Å². The third-order valence-corrected chi connectivity index (χ3v) is 5.66. The molecule has 2 saturated heterocycles. The van der Waals surface area contributed by atoms with E-state index in [2.05, 4.69) is 6.07 Å². The highest BCUT2D eigenvalue weighted by atomic mass is 16.5. The first-order chi connectivity index (χ1) is 11.6. The average molecular weight is 330 g/mol. The normalized spacial score (nSPS) is 28.2. The lowest BCUT2D eigenvalue weighted by Crippen LogP contribution is -2.48. The van der Waals surface area contributed by atoms with Crippen LogP contribution in [-0.4, -0.2) is 49.6 Å². The molecular formula is C18H22N2O4. The van der Waals surface area contributed by atoms with E-state index < -0.39 is 5.41 Å². The summed E-state index contributed by atoms with van der Waals surface area (Å²) in [6, 6.07) is 5.93. The first-order valence-electron chi connectivity index (χ1n) is 8.48. The van der Waals surface area contributed by atoms with Gasteiger partial charge in [-0.25, -0.2) is 0 Å². The number of nitrogens with zero attached hydrogens (tertiary/aromatic N) is 1. The molecule has 6 heteroatoms. The molecule has 3 heterocycles. The molecule has 2 amide bonds. The zero-order valence-corrected chi connectivity index (χ0v) is 13.6.